The summed E-state index contributed by atoms with van der Waals surface area (Å²) in [5.41, 5.74) is 18.6. The molecule has 4 bridgehead atoms. The predicted octanol–water partition coefficient (Wildman–Crippen LogP) is 1.74. The standard InChI is InChI=1S/C29H45N5O3/c30-8-10-34(11-9-31)27(36)15-24(32)28(37)33-25(7-6-20-4-2-1-3-5-20)26(35)19-29-16-21-12-22(17-29)14-23(13-21)18-29/h1-5,21-25H,6-19,30-32H2,(H,33,37)/t21?,22?,23?,24-,25-,29?/m0/s1. The molecule has 0 radical (unpaired) electrons. The first kappa shape index (κ1) is 27.7. The molecule has 1 aromatic rings. The molecule has 8 heteroatoms. The molecule has 0 spiro atoms. The number of benzene rings is 1. The molecule has 2 amide bonds. The van der Waals surface area contributed by atoms with Crippen molar-refractivity contribution in [3.05, 3.63) is 35.9 Å². The van der Waals surface area contributed by atoms with Crippen molar-refractivity contribution in [2.75, 3.05) is 26.2 Å². The number of amides is 2. The molecule has 4 saturated carbocycles. The number of aryl methyl sites for hydroxylation is 1. The highest BCUT2D eigenvalue weighted by Crippen LogP contribution is 2.61. The van der Waals surface area contributed by atoms with E-state index in [9.17, 15) is 14.4 Å². The van der Waals surface area contributed by atoms with Gasteiger partial charge in [-0.3, -0.25) is 14.4 Å². The zero-order valence-electron chi connectivity index (χ0n) is 22.1. The Morgan fingerprint density at radius 3 is 2.05 bits per heavy atom. The lowest BCUT2D eigenvalue weighted by molar-refractivity contribution is -0.136. The second kappa shape index (κ2) is 12.5. The van der Waals surface area contributed by atoms with Crippen LogP contribution in [0.4, 0.5) is 0 Å². The van der Waals surface area contributed by atoms with Gasteiger partial charge in [-0.05, 0) is 80.1 Å². The third kappa shape index (κ3) is 7.18. The average Bonchev–Trinajstić information content (AvgIpc) is 2.85. The van der Waals surface area contributed by atoms with Crippen LogP contribution in [0.5, 0.6) is 0 Å². The highest BCUT2D eigenvalue weighted by atomic mass is 16.2. The molecule has 4 aliphatic rings. The lowest BCUT2D eigenvalue weighted by atomic mass is 9.48. The highest BCUT2D eigenvalue weighted by molar-refractivity contribution is 5.93. The van der Waals surface area contributed by atoms with E-state index in [0.29, 0.717) is 45.4 Å². The van der Waals surface area contributed by atoms with E-state index in [4.69, 9.17) is 17.2 Å². The fourth-order valence-corrected chi connectivity index (χ4v) is 7.63. The molecular weight excluding hydrogens is 466 g/mol. The van der Waals surface area contributed by atoms with Crippen LogP contribution in [0.25, 0.3) is 0 Å². The molecule has 2 atom stereocenters. The van der Waals surface area contributed by atoms with Crippen molar-refractivity contribution >= 4 is 17.6 Å². The van der Waals surface area contributed by atoms with Crippen LogP contribution in [-0.4, -0.2) is 60.8 Å². The van der Waals surface area contributed by atoms with Crippen molar-refractivity contribution in [3.63, 3.8) is 0 Å². The van der Waals surface area contributed by atoms with Crippen LogP contribution >= 0.6 is 0 Å². The number of hydrogen-bond acceptors (Lipinski definition) is 6. The van der Waals surface area contributed by atoms with Gasteiger partial charge in [-0.15, -0.1) is 0 Å². The molecule has 1 aromatic carbocycles. The Hall–Kier alpha value is -2.29. The van der Waals surface area contributed by atoms with Crippen LogP contribution in [0, 0.1) is 23.2 Å². The van der Waals surface area contributed by atoms with Crippen LogP contribution in [0.2, 0.25) is 0 Å². The van der Waals surface area contributed by atoms with E-state index >= 15 is 0 Å². The zero-order chi connectivity index (χ0) is 26.4. The molecule has 0 aromatic heterocycles. The largest absolute Gasteiger partial charge is 0.345 e. The summed E-state index contributed by atoms with van der Waals surface area (Å²) in [5, 5.41) is 2.94. The molecule has 0 unspecified atom stereocenters. The van der Waals surface area contributed by atoms with Crippen LogP contribution in [0.1, 0.15) is 63.4 Å². The van der Waals surface area contributed by atoms with Gasteiger partial charge in [0.1, 0.15) is 0 Å². The molecular formula is C29H45N5O3. The number of hydrogen-bond donors (Lipinski definition) is 4. The summed E-state index contributed by atoms with van der Waals surface area (Å²) < 4.78 is 0. The van der Waals surface area contributed by atoms with Crippen molar-refractivity contribution in [3.8, 4) is 0 Å². The number of carbonyl (C=O) groups is 3. The number of nitrogens with two attached hydrogens (primary N) is 3. The molecule has 5 rings (SSSR count). The van der Waals surface area contributed by atoms with Gasteiger partial charge in [0.05, 0.1) is 18.5 Å². The summed E-state index contributed by atoms with van der Waals surface area (Å²) in [4.78, 5) is 41.1. The molecule has 204 valence electrons. The summed E-state index contributed by atoms with van der Waals surface area (Å²) in [6.07, 6.45) is 9.04. The molecule has 37 heavy (non-hydrogen) atoms. The maximum atomic E-state index is 13.7. The number of Topliss-reactive ketones (excluding diaryl/α,β-unsaturated/α-hetero) is 1. The number of rotatable bonds is 14. The van der Waals surface area contributed by atoms with Crippen molar-refractivity contribution in [1.29, 1.82) is 0 Å². The number of nitrogens with one attached hydrogen (secondary N) is 1. The van der Waals surface area contributed by atoms with Crippen LogP contribution in [-0.2, 0) is 20.8 Å². The van der Waals surface area contributed by atoms with Gasteiger partial charge in [0.2, 0.25) is 11.8 Å². The molecule has 7 N–H and O–H groups in total. The molecule has 4 fully saturated rings. The van der Waals surface area contributed by atoms with Gasteiger partial charge in [0.25, 0.3) is 0 Å². The average molecular weight is 512 g/mol. The minimum Gasteiger partial charge on any atom is -0.345 e. The first-order valence-corrected chi connectivity index (χ1v) is 14.1. The topological polar surface area (TPSA) is 145 Å². The number of carbonyl (C=O) groups excluding carboxylic acids is 3. The Bertz CT molecular complexity index is 895. The van der Waals surface area contributed by atoms with Crippen molar-refractivity contribution in [2.24, 2.45) is 40.4 Å². The molecule has 0 aliphatic heterocycles. The maximum Gasteiger partial charge on any atom is 0.238 e. The fourth-order valence-electron chi connectivity index (χ4n) is 7.63. The van der Waals surface area contributed by atoms with Crippen LogP contribution in [0.3, 0.4) is 0 Å². The van der Waals surface area contributed by atoms with Crippen LogP contribution in [0.15, 0.2) is 30.3 Å². The van der Waals surface area contributed by atoms with E-state index < -0.39 is 18.0 Å². The second-order valence-corrected chi connectivity index (χ2v) is 11.9. The molecule has 4 aliphatic carbocycles. The summed E-state index contributed by atoms with van der Waals surface area (Å²) >= 11 is 0. The highest BCUT2D eigenvalue weighted by Gasteiger charge is 2.51. The minimum atomic E-state index is -1.03. The molecule has 0 saturated heterocycles. The van der Waals surface area contributed by atoms with Crippen molar-refractivity contribution < 1.29 is 14.4 Å². The van der Waals surface area contributed by atoms with Crippen molar-refractivity contribution in [2.45, 2.75) is 76.3 Å². The summed E-state index contributed by atoms with van der Waals surface area (Å²) in [7, 11) is 0. The van der Waals surface area contributed by atoms with Gasteiger partial charge in [0.15, 0.2) is 5.78 Å². The number of nitrogens with zero attached hydrogens (tertiary/aromatic N) is 1. The van der Waals surface area contributed by atoms with E-state index in [-0.39, 0.29) is 23.5 Å². The third-order valence-corrected chi connectivity index (χ3v) is 8.87. The van der Waals surface area contributed by atoms with Gasteiger partial charge in [0, 0.05) is 32.6 Å². The number of ketones is 1. The fraction of sp³-hybridized carbons (Fsp3) is 0.690. The van der Waals surface area contributed by atoms with Gasteiger partial charge in [-0.2, -0.15) is 0 Å². The Labute approximate surface area is 221 Å². The Kier molecular flexibility index (Phi) is 9.37. The smallest absolute Gasteiger partial charge is 0.238 e. The van der Waals surface area contributed by atoms with Crippen molar-refractivity contribution in [1.82, 2.24) is 10.2 Å². The van der Waals surface area contributed by atoms with E-state index in [1.165, 1.54) is 24.2 Å². The van der Waals surface area contributed by atoms with Crippen LogP contribution < -0.4 is 22.5 Å². The normalized spacial score (nSPS) is 27.5. The first-order valence-electron chi connectivity index (χ1n) is 14.1. The Balaban J connectivity index is 1.40. The van der Waals surface area contributed by atoms with Gasteiger partial charge >= 0.3 is 0 Å². The Morgan fingerprint density at radius 1 is 0.946 bits per heavy atom. The van der Waals surface area contributed by atoms with E-state index in [0.717, 1.165) is 42.6 Å². The lowest BCUT2D eigenvalue weighted by Gasteiger charge is -2.57. The Morgan fingerprint density at radius 2 is 1.51 bits per heavy atom. The zero-order valence-corrected chi connectivity index (χ0v) is 22.1. The second-order valence-electron chi connectivity index (χ2n) is 11.9. The third-order valence-electron chi connectivity index (χ3n) is 8.87. The monoisotopic (exact) mass is 511 g/mol. The minimum absolute atomic E-state index is 0.102. The molecule has 0 heterocycles. The van der Waals surface area contributed by atoms with Gasteiger partial charge in [-0.1, -0.05) is 30.3 Å². The van der Waals surface area contributed by atoms with E-state index in [1.54, 1.807) is 0 Å². The SMILES string of the molecule is NCCN(CCN)C(=O)C[C@H](N)C(=O)N[C@@H](CCc1ccccc1)C(=O)CC12CC3CC(CC(C3)C1)C2. The van der Waals surface area contributed by atoms with Gasteiger partial charge < -0.3 is 27.4 Å². The summed E-state index contributed by atoms with van der Waals surface area (Å²) in [6.45, 7) is 1.36. The molecule has 8 nitrogen and oxygen atoms in total. The summed E-state index contributed by atoms with van der Waals surface area (Å²) in [5.74, 6) is 1.70. The van der Waals surface area contributed by atoms with E-state index in [2.05, 4.69) is 5.32 Å². The quantitative estimate of drug-likeness (QED) is 0.299. The van der Waals surface area contributed by atoms with Gasteiger partial charge in [-0.25, -0.2) is 0 Å². The summed E-state index contributed by atoms with van der Waals surface area (Å²) in [6, 6.07) is 8.37. The lowest BCUT2D eigenvalue weighted by Crippen LogP contribution is -2.52. The van der Waals surface area contributed by atoms with E-state index in [1.807, 2.05) is 30.3 Å². The first-order chi connectivity index (χ1) is 17.8. The maximum absolute atomic E-state index is 13.7. The predicted molar refractivity (Wildman–Crippen MR) is 144 cm³/mol.